The summed E-state index contributed by atoms with van der Waals surface area (Å²) in [6, 6.07) is 12.1. The molecule has 0 amide bonds. The van der Waals surface area contributed by atoms with Crippen molar-refractivity contribution in [1.82, 2.24) is 14.8 Å². The minimum absolute atomic E-state index is 0.231. The first-order valence-corrected chi connectivity index (χ1v) is 6.84. The number of benzene rings is 1. The lowest BCUT2D eigenvalue weighted by atomic mass is 10.1. The van der Waals surface area contributed by atoms with E-state index in [1.165, 1.54) is 17.3 Å². The van der Waals surface area contributed by atoms with Crippen LogP contribution >= 0.6 is 11.8 Å². The molecule has 1 unspecified atom stereocenters. The standard InChI is InChI=1S/C13H14N4OS/c1-10(9-14)19-13-16-15-12(18)17(13)8-7-11-5-3-2-4-6-11/h2-6,10H,7-8H2,1H3,(H,15,18). The van der Waals surface area contributed by atoms with E-state index in [0.29, 0.717) is 11.7 Å². The Morgan fingerprint density at radius 2 is 2.21 bits per heavy atom. The molecule has 1 N–H and O–H groups in total. The second kappa shape index (κ2) is 6.25. The number of thioether (sulfide) groups is 1. The lowest BCUT2D eigenvalue weighted by Gasteiger charge is -2.06. The minimum Gasteiger partial charge on any atom is -0.270 e. The third-order valence-corrected chi connectivity index (χ3v) is 3.64. The quantitative estimate of drug-likeness (QED) is 0.844. The topological polar surface area (TPSA) is 74.5 Å². The van der Waals surface area contributed by atoms with E-state index in [1.807, 2.05) is 30.3 Å². The molecule has 0 bridgehead atoms. The predicted molar refractivity (Wildman–Crippen MR) is 73.9 cm³/mol. The Bertz CT molecular complexity index is 626. The number of hydrogen-bond acceptors (Lipinski definition) is 4. The average molecular weight is 274 g/mol. The summed E-state index contributed by atoms with van der Waals surface area (Å²) in [6.07, 6.45) is 0.759. The zero-order valence-corrected chi connectivity index (χ0v) is 11.4. The predicted octanol–water partition coefficient (Wildman–Crippen LogP) is 1.82. The summed E-state index contributed by atoms with van der Waals surface area (Å²) in [7, 11) is 0. The van der Waals surface area contributed by atoms with Crippen LogP contribution in [0.25, 0.3) is 0 Å². The molecule has 19 heavy (non-hydrogen) atoms. The summed E-state index contributed by atoms with van der Waals surface area (Å²) in [5.41, 5.74) is 0.934. The molecule has 0 aliphatic rings. The molecule has 0 saturated heterocycles. The van der Waals surface area contributed by atoms with Crippen LogP contribution in [0.2, 0.25) is 0 Å². The van der Waals surface area contributed by atoms with Gasteiger partial charge in [0.2, 0.25) is 0 Å². The highest BCUT2D eigenvalue weighted by Crippen LogP contribution is 2.19. The van der Waals surface area contributed by atoms with E-state index in [9.17, 15) is 4.79 Å². The maximum Gasteiger partial charge on any atom is 0.343 e. The maximum atomic E-state index is 11.7. The van der Waals surface area contributed by atoms with Crippen LogP contribution in [-0.2, 0) is 13.0 Å². The van der Waals surface area contributed by atoms with Crippen LogP contribution in [0.15, 0.2) is 40.3 Å². The van der Waals surface area contributed by atoms with Crippen molar-refractivity contribution < 1.29 is 0 Å². The number of aromatic amines is 1. The molecule has 6 heteroatoms. The Morgan fingerprint density at radius 1 is 1.47 bits per heavy atom. The molecule has 1 heterocycles. The summed E-state index contributed by atoms with van der Waals surface area (Å²) in [4.78, 5) is 11.7. The van der Waals surface area contributed by atoms with Gasteiger partial charge in [-0.05, 0) is 18.9 Å². The van der Waals surface area contributed by atoms with E-state index in [-0.39, 0.29) is 10.9 Å². The molecular weight excluding hydrogens is 260 g/mol. The first-order valence-electron chi connectivity index (χ1n) is 5.96. The fraction of sp³-hybridized carbons (Fsp3) is 0.308. The lowest BCUT2D eigenvalue weighted by molar-refractivity contribution is 0.615. The van der Waals surface area contributed by atoms with E-state index in [2.05, 4.69) is 16.3 Å². The fourth-order valence-electron chi connectivity index (χ4n) is 1.66. The molecule has 2 aromatic rings. The number of rotatable bonds is 5. The molecule has 98 valence electrons. The molecule has 0 aliphatic carbocycles. The van der Waals surface area contributed by atoms with Crippen LogP contribution in [0, 0.1) is 11.3 Å². The third-order valence-electron chi connectivity index (χ3n) is 2.65. The summed E-state index contributed by atoms with van der Waals surface area (Å²) in [5, 5.41) is 15.5. The zero-order chi connectivity index (χ0) is 13.7. The fourth-order valence-corrected chi connectivity index (χ4v) is 2.43. The van der Waals surface area contributed by atoms with Crippen LogP contribution in [0.1, 0.15) is 12.5 Å². The van der Waals surface area contributed by atoms with Crippen LogP contribution in [0.4, 0.5) is 0 Å². The van der Waals surface area contributed by atoms with Crippen molar-refractivity contribution in [3.63, 3.8) is 0 Å². The van der Waals surface area contributed by atoms with Gasteiger partial charge in [-0.25, -0.2) is 9.89 Å². The molecule has 1 aromatic carbocycles. The summed E-state index contributed by atoms with van der Waals surface area (Å²) in [5.74, 6) is 0. The first-order chi connectivity index (χ1) is 9.20. The van der Waals surface area contributed by atoms with Gasteiger partial charge in [-0.15, -0.1) is 5.10 Å². The van der Waals surface area contributed by atoms with E-state index in [1.54, 1.807) is 11.5 Å². The average Bonchev–Trinajstić information content (AvgIpc) is 2.78. The number of aromatic nitrogens is 3. The van der Waals surface area contributed by atoms with Gasteiger partial charge >= 0.3 is 5.69 Å². The maximum absolute atomic E-state index is 11.7. The highest BCUT2D eigenvalue weighted by atomic mass is 32.2. The number of hydrogen-bond donors (Lipinski definition) is 1. The van der Waals surface area contributed by atoms with Gasteiger partial charge in [-0.1, -0.05) is 42.1 Å². The summed E-state index contributed by atoms with van der Waals surface area (Å²) < 4.78 is 1.57. The number of H-pyrrole nitrogens is 1. The van der Waals surface area contributed by atoms with Crippen molar-refractivity contribution in [2.75, 3.05) is 0 Å². The molecule has 0 spiro atoms. The van der Waals surface area contributed by atoms with Crippen LogP contribution < -0.4 is 5.69 Å². The van der Waals surface area contributed by atoms with Gasteiger partial charge in [0.05, 0.1) is 11.3 Å². The first kappa shape index (κ1) is 13.4. The molecule has 5 nitrogen and oxygen atoms in total. The molecule has 0 saturated carbocycles. The normalized spacial score (nSPS) is 12.0. The van der Waals surface area contributed by atoms with Gasteiger partial charge in [0.1, 0.15) is 0 Å². The van der Waals surface area contributed by atoms with Gasteiger partial charge in [0, 0.05) is 6.54 Å². The van der Waals surface area contributed by atoms with E-state index < -0.39 is 0 Å². The number of nitrogens with one attached hydrogen (secondary N) is 1. The van der Waals surface area contributed by atoms with Gasteiger partial charge in [0.15, 0.2) is 5.16 Å². The zero-order valence-electron chi connectivity index (χ0n) is 10.5. The molecule has 2 rings (SSSR count). The Morgan fingerprint density at radius 3 is 2.89 bits per heavy atom. The minimum atomic E-state index is -0.233. The molecule has 1 aromatic heterocycles. The van der Waals surface area contributed by atoms with Crippen molar-refractivity contribution in [3.8, 4) is 6.07 Å². The molecular formula is C13H14N4OS. The third kappa shape index (κ3) is 3.48. The van der Waals surface area contributed by atoms with Crippen LogP contribution in [0.5, 0.6) is 0 Å². The van der Waals surface area contributed by atoms with Gasteiger partial charge in [0.25, 0.3) is 0 Å². The lowest BCUT2D eigenvalue weighted by Crippen LogP contribution is -2.19. The van der Waals surface area contributed by atoms with Gasteiger partial charge in [-0.2, -0.15) is 5.26 Å². The number of nitrogens with zero attached hydrogens (tertiary/aromatic N) is 3. The summed E-state index contributed by atoms with van der Waals surface area (Å²) >= 11 is 1.29. The molecule has 0 fully saturated rings. The van der Waals surface area contributed by atoms with Gasteiger partial charge < -0.3 is 0 Å². The Kier molecular flexibility index (Phi) is 4.42. The van der Waals surface area contributed by atoms with Crippen molar-refractivity contribution in [1.29, 1.82) is 5.26 Å². The molecule has 1 atom stereocenters. The Labute approximate surface area is 115 Å². The van der Waals surface area contributed by atoms with Crippen molar-refractivity contribution >= 4 is 11.8 Å². The largest absolute Gasteiger partial charge is 0.343 e. The Balaban J connectivity index is 2.10. The second-order valence-corrected chi connectivity index (χ2v) is 5.40. The monoisotopic (exact) mass is 274 g/mol. The smallest absolute Gasteiger partial charge is 0.270 e. The van der Waals surface area contributed by atoms with Gasteiger partial charge in [-0.3, -0.25) is 4.57 Å². The second-order valence-electron chi connectivity index (χ2n) is 4.09. The van der Waals surface area contributed by atoms with Crippen LogP contribution in [0.3, 0.4) is 0 Å². The van der Waals surface area contributed by atoms with Crippen molar-refractivity contribution in [2.24, 2.45) is 0 Å². The molecule has 0 aliphatic heterocycles. The molecule has 0 radical (unpaired) electrons. The summed E-state index contributed by atoms with van der Waals surface area (Å²) in [6.45, 7) is 2.34. The highest BCUT2D eigenvalue weighted by Gasteiger charge is 2.12. The van der Waals surface area contributed by atoms with Crippen molar-refractivity contribution in [2.45, 2.75) is 30.3 Å². The Hall–Kier alpha value is -2.00. The number of nitriles is 1. The van der Waals surface area contributed by atoms with Crippen LogP contribution in [-0.4, -0.2) is 20.0 Å². The SMILES string of the molecule is CC(C#N)Sc1n[nH]c(=O)n1CCc1ccccc1. The number of aryl methyl sites for hydroxylation is 1. The van der Waals surface area contributed by atoms with E-state index in [4.69, 9.17) is 5.26 Å². The van der Waals surface area contributed by atoms with Crippen molar-refractivity contribution in [3.05, 3.63) is 46.4 Å². The van der Waals surface area contributed by atoms with E-state index >= 15 is 0 Å². The van der Waals surface area contributed by atoms with E-state index in [0.717, 1.165) is 6.42 Å². The highest BCUT2D eigenvalue weighted by molar-refractivity contribution is 8.00.